The van der Waals surface area contributed by atoms with E-state index in [1.807, 2.05) is 31.5 Å². The molecule has 1 aromatic carbocycles. The van der Waals surface area contributed by atoms with E-state index in [2.05, 4.69) is 14.5 Å². The average molecular weight is 303 g/mol. The van der Waals surface area contributed by atoms with Crippen molar-refractivity contribution in [2.24, 2.45) is 0 Å². The molecular weight excluding hydrogens is 281 g/mol. The summed E-state index contributed by atoms with van der Waals surface area (Å²) in [5, 5.41) is 0. The minimum atomic E-state index is -0.241. The molecule has 0 aliphatic carbocycles. The summed E-state index contributed by atoms with van der Waals surface area (Å²) in [5.74, 6) is 1.10. The third kappa shape index (κ3) is 2.99. The molecule has 1 aliphatic rings. The average Bonchev–Trinajstić information content (AvgIpc) is 3.12. The van der Waals surface area contributed by atoms with Crippen LogP contribution in [0.4, 0.5) is 4.39 Å². The Hall–Kier alpha value is -1.88. The Balaban J connectivity index is 1.73. The first-order chi connectivity index (χ1) is 10.7. The largest absolute Gasteiger partial charge is 0.494 e. The molecule has 0 saturated carbocycles. The van der Waals surface area contributed by atoms with E-state index in [0.29, 0.717) is 23.9 Å². The highest BCUT2D eigenvalue weighted by Crippen LogP contribution is 2.26. The summed E-state index contributed by atoms with van der Waals surface area (Å²) >= 11 is 0. The molecule has 0 radical (unpaired) electrons. The van der Waals surface area contributed by atoms with Crippen LogP contribution in [0.1, 0.15) is 24.2 Å². The molecule has 1 aliphatic heterocycles. The van der Waals surface area contributed by atoms with Crippen LogP contribution in [-0.4, -0.2) is 34.1 Å². The lowest BCUT2D eigenvalue weighted by Gasteiger charge is -2.25. The third-order valence-corrected chi connectivity index (χ3v) is 4.47. The van der Waals surface area contributed by atoms with Crippen molar-refractivity contribution >= 4 is 0 Å². The van der Waals surface area contributed by atoms with Crippen LogP contribution in [-0.2, 0) is 13.1 Å². The Labute approximate surface area is 130 Å². The molecule has 1 fully saturated rings. The predicted molar refractivity (Wildman–Crippen MR) is 83.3 cm³/mol. The van der Waals surface area contributed by atoms with Gasteiger partial charge in [-0.05, 0) is 32.4 Å². The number of hydrogen-bond acceptors (Lipinski definition) is 3. The Morgan fingerprint density at radius 2 is 2.27 bits per heavy atom. The molecule has 1 atom stereocenters. The summed E-state index contributed by atoms with van der Waals surface area (Å²) in [4.78, 5) is 6.63. The highest BCUT2D eigenvalue weighted by molar-refractivity contribution is 5.31. The second kappa shape index (κ2) is 6.48. The standard InChI is InChI=1S/C17H22FN3O/c1-13-19-8-10-20(13)12-15-6-4-9-21(15)11-14-5-3-7-16(22-2)17(14)18/h3,5,7-8,10,15H,4,6,9,11-12H2,1-2H3/t15-/m0/s1. The second-order valence-corrected chi connectivity index (χ2v) is 5.83. The summed E-state index contributed by atoms with van der Waals surface area (Å²) < 4.78 is 21.6. The molecule has 0 N–H and O–H groups in total. The summed E-state index contributed by atoms with van der Waals surface area (Å²) in [7, 11) is 1.50. The van der Waals surface area contributed by atoms with E-state index in [1.54, 1.807) is 6.07 Å². The maximum Gasteiger partial charge on any atom is 0.169 e. The van der Waals surface area contributed by atoms with Crippen molar-refractivity contribution in [3.8, 4) is 5.75 Å². The molecule has 22 heavy (non-hydrogen) atoms. The molecule has 5 heteroatoms. The summed E-state index contributed by atoms with van der Waals surface area (Å²) in [6.07, 6.45) is 6.14. The first kappa shape index (κ1) is 15.0. The molecule has 1 aromatic heterocycles. The number of nitrogens with zero attached hydrogens (tertiary/aromatic N) is 3. The highest BCUT2D eigenvalue weighted by atomic mass is 19.1. The lowest BCUT2D eigenvalue weighted by atomic mass is 10.1. The number of rotatable bonds is 5. The van der Waals surface area contributed by atoms with Gasteiger partial charge in [-0.1, -0.05) is 12.1 Å². The van der Waals surface area contributed by atoms with Crippen molar-refractivity contribution in [3.05, 3.63) is 47.8 Å². The van der Waals surface area contributed by atoms with Gasteiger partial charge < -0.3 is 9.30 Å². The number of benzene rings is 1. The normalized spacial score (nSPS) is 18.8. The number of imidazole rings is 1. The van der Waals surface area contributed by atoms with E-state index >= 15 is 0 Å². The van der Waals surface area contributed by atoms with Gasteiger partial charge in [-0.3, -0.25) is 4.90 Å². The Morgan fingerprint density at radius 3 is 3.00 bits per heavy atom. The van der Waals surface area contributed by atoms with Gasteiger partial charge in [0, 0.05) is 37.1 Å². The molecule has 3 rings (SSSR count). The van der Waals surface area contributed by atoms with Crippen molar-refractivity contribution in [2.45, 2.75) is 38.9 Å². The topological polar surface area (TPSA) is 30.3 Å². The minimum absolute atomic E-state index is 0.241. The molecule has 0 bridgehead atoms. The number of likely N-dealkylation sites (tertiary alicyclic amines) is 1. The molecule has 1 saturated heterocycles. The van der Waals surface area contributed by atoms with Gasteiger partial charge in [-0.25, -0.2) is 9.37 Å². The monoisotopic (exact) mass is 303 g/mol. The van der Waals surface area contributed by atoms with Gasteiger partial charge in [-0.15, -0.1) is 0 Å². The maximum absolute atomic E-state index is 14.3. The lowest BCUT2D eigenvalue weighted by molar-refractivity contribution is 0.220. The van der Waals surface area contributed by atoms with E-state index in [-0.39, 0.29) is 5.82 Å². The number of halogens is 1. The fraction of sp³-hybridized carbons (Fsp3) is 0.471. The van der Waals surface area contributed by atoms with Gasteiger partial charge in [-0.2, -0.15) is 0 Å². The number of hydrogen-bond donors (Lipinski definition) is 0. The smallest absolute Gasteiger partial charge is 0.169 e. The van der Waals surface area contributed by atoms with E-state index in [1.165, 1.54) is 7.11 Å². The van der Waals surface area contributed by atoms with Crippen molar-refractivity contribution in [3.63, 3.8) is 0 Å². The van der Waals surface area contributed by atoms with Crippen LogP contribution >= 0.6 is 0 Å². The van der Waals surface area contributed by atoms with Crippen LogP contribution in [0.3, 0.4) is 0 Å². The molecule has 2 heterocycles. The van der Waals surface area contributed by atoms with E-state index in [0.717, 1.165) is 31.8 Å². The van der Waals surface area contributed by atoms with E-state index in [9.17, 15) is 4.39 Å². The number of methoxy groups -OCH3 is 1. The zero-order chi connectivity index (χ0) is 15.5. The van der Waals surface area contributed by atoms with Gasteiger partial charge in [0.25, 0.3) is 0 Å². The fourth-order valence-electron chi connectivity index (χ4n) is 3.19. The number of aryl methyl sites for hydroxylation is 1. The van der Waals surface area contributed by atoms with Crippen LogP contribution in [0.25, 0.3) is 0 Å². The number of aromatic nitrogens is 2. The van der Waals surface area contributed by atoms with Crippen molar-refractivity contribution in [1.29, 1.82) is 0 Å². The minimum Gasteiger partial charge on any atom is -0.494 e. The Bertz CT molecular complexity index is 641. The third-order valence-electron chi connectivity index (χ3n) is 4.47. The molecule has 4 nitrogen and oxygen atoms in total. The van der Waals surface area contributed by atoms with Crippen LogP contribution in [0.2, 0.25) is 0 Å². The van der Waals surface area contributed by atoms with Gasteiger partial charge in [0.1, 0.15) is 5.82 Å². The molecule has 0 spiro atoms. The first-order valence-corrected chi connectivity index (χ1v) is 7.72. The van der Waals surface area contributed by atoms with Crippen molar-refractivity contribution in [2.75, 3.05) is 13.7 Å². The van der Waals surface area contributed by atoms with Crippen molar-refractivity contribution in [1.82, 2.24) is 14.5 Å². The van der Waals surface area contributed by atoms with E-state index in [4.69, 9.17) is 4.74 Å². The van der Waals surface area contributed by atoms with E-state index < -0.39 is 0 Å². The van der Waals surface area contributed by atoms with Crippen LogP contribution in [0.5, 0.6) is 5.75 Å². The quantitative estimate of drug-likeness (QED) is 0.850. The van der Waals surface area contributed by atoms with Gasteiger partial charge >= 0.3 is 0 Å². The SMILES string of the molecule is COc1cccc(CN2CCC[C@H]2Cn2ccnc2C)c1F. The van der Waals surface area contributed by atoms with Crippen LogP contribution in [0, 0.1) is 12.7 Å². The zero-order valence-corrected chi connectivity index (χ0v) is 13.1. The zero-order valence-electron chi connectivity index (χ0n) is 13.1. The maximum atomic E-state index is 14.3. The molecule has 2 aromatic rings. The number of ether oxygens (including phenoxy) is 1. The molecule has 118 valence electrons. The second-order valence-electron chi connectivity index (χ2n) is 5.83. The first-order valence-electron chi connectivity index (χ1n) is 7.72. The Morgan fingerprint density at radius 1 is 1.41 bits per heavy atom. The molecular formula is C17H22FN3O. The summed E-state index contributed by atoms with van der Waals surface area (Å²) in [5.41, 5.74) is 0.702. The van der Waals surface area contributed by atoms with Crippen LogP contribution in [0.15, 0.2) is 30.6 Å². The molecule has 0 amide bonds. The van der Waals surface area contributed by atoms with Gasteiger partial charge in [0.05, 0.1) is 7.11 Å². The highest BCUT2D eigenvalue weighted by Gasteiger charge is 2.26. The van der Waals surface area contributed by atoms with Gasteiger partial charge in [0.2, 0.25) is 0 Å². The molecule has 0 unspecified atom stereocenters. The summed E-state index contributed by atoms with van der Waals surface area (Å²) in [6, 6.07) is 5.78. The van der Waals surface area contributed by atoms with Crippen LogP contribution < -0.4 is 4.74 Å². The lowest BCUT2D eigenvalue weighted by Crippen LogP contribution is -2.33. The summed E-state index contributed by atoms with van der Waals surface area (Å²) in [6.45, 7) is 4.56. The van der Waals surface area contributed by atoms with Gasteiger partial charge in [0.15, 0.2) is 11.6 Å². The predicted octanol–water partition coefficient (Wildman–Crippen LogP) is 3.00. The fourth-order valence-corrected chi connectivity index (χ4v) is 3.19. The van der Waals surface area contributed by atoms with Crippen molar-refractivity contribution < 1.29 is 9.13 Å². The Kier molecular flexibility index (Phi) is 4.43.